The molecule has 2 atom stereocenters. The smallest absolute Gasteiger partial charge is 0.0792 e. The van der Waals surface area contributed by atoms with E-state index in [-0.39, 0.29) is 0 Å². The minimum atomic E-state index is 0.474. The molecule has 2 aliphatic heterocycles. The maximum Gasteiger partial charge on any atom is 0.0792 e. The van der Waals surface area contributed by atoms with Gasteiger partial charge in [-0.15, -0.1) is 0 Å². The Hall–Kier alpha value is -0.930. The molecule has 2 unspecified atom stereocenters. The number of anilines is 2. The molecule has 0 radical (unpaired) electrons. The minimum Gasteiger partial charge on any atom is -0.397 e. The van der Waals surface area contributed by atoms with E-state index >= 15 is 0 Å². The van der Waals surface area contributed by atoms with Crippen LogP contribution >= 0.6 is 11.6 Å². The number of para-hydroxylation sites is 1. The zero-order chi connectivity index (χ0) is 12.7. The van der Waals surface area contributed by atoms with Crippen molar-refractivity contribution in [2.75, 3.05) is 30.3 Å². The van der Waals surface area contributed by atoms with Gasteiger partial charge in [0.25, 0.3) is 0 Å². The van der Waals surface area contributed by atoms with Crippen molar-refractivity contribution >= 4 is 23.0 Å². The van der Waals surface area contributed by atoms with Gasteiger partial charge in [-0.2, -0.15) is 0 Å². The molecule has 3 rings (SSSR count). The predicted molar refractivity (Wildman–Crippen MR) is 77.3 cm³/mol. The summed E-state index contributed by atoms with van der Waals surface area (Å²) < 4.78 is 0. The van der Waals surface area contributed by atoms with Crippen LogP contribution in [0.3, 0.4) is 0 Å². The van der Waals surface area contributed by atoms with Crippen LogP contribution in [0.15, 0.2) is 18.2 Å². The Balaban J connectivity index is 1.91. The number of nitrogen functional groups attached to an aromatic ring is 1. The van der Waals surface area contributed by atoms with Gasteiger partial charge in [-0.1, -0.05) is 17.7 Å². The highest BCUT2D eigenvalue weighted by Crippen LogP contribution is 2.36. The lowest BCUT2D eigenvalue weighted by molar-refractivity contribution is 0.203. The molecule has 0 saturated carbocycles. The van der Waals surface area contributed by atoms with Crippen molar-refractivity contribution in [2.45, 2.75) is 31.8 Å². The Morgan fingerprint density at radius 2 is 2.17 bits per heavy atom. The summed E-state index contributed by atoms with van der Waals surface area (Å²) in [6, 6.07) is 6.94. The van der Waals surface area contributed by atoms with Gasteiger partial charge in [0.05, 0.1) is 16.4 Å². The Bertz CT molecular complexity index is 428. The molecule has 2 fully saturated rings. The monoisotopic (exact) mass is 265 g/mol. The third kappa shape index (κ3) is 1.95. The Labute approximate surface area is 114 Å². The number of benzene rings is 1. The number of nitrogens with zero attached hydrogens (tertiary/aromatic N) is 2. The standard InChI is InChI=1S/C14H20ClN3/c1-10-8-17-7-3-4-11(17)9-18(10)14-12(15)5-2-6-13(14)16/h2,5-6,10-11H,3-4,7-9,16H2,1H3. The number of hydrogen-bond acceptors (Lipinski definition) is 3. The van der Waals surface area contributed by atoms with Gasteiger partial charge in [-0.25, -0.2) is 0 Å². The predicted octanol–water partition coefficient (Wildman–Crippen LogP) is 2.60. The van der Waals surface area contributed by atoms with Gasteiger partial charge in [0.1, 0.15) is 0 Å². The molecule has 1 aromatic rings. The second-order valence-electron chi connectivity index (χ2n) is 5.47. The Morgan fingerprint density at radius 3 is 2.94 bits per heavy atom. The summed E-state index contributed by atoms with van der Waals surface area (Å²) in [5, 5.41) is 0.772. The summed E-state index contributed by atoms with van der Waals surface area (Å²) in [5.74, 6) is 0. The normalized spacial score (nSPS) is 28.4. The largest absolute Gasteiger partial charge is 0.397 e. The van der Waals surface area contributed by atoms with Crippen molar-refractivity contribution in [3.63, 3.8) is 0 Å². The van der Waals surface area contributed by atoms with E-state index < -0.39 is 0 Å². The number of fused-ring (bicyclic) bond motifs is 1. The van der Waals surface area contributed by atoms with Crippen LogP contribution in [0.5, 0.6) is 0 Å². The first-order chi connectivity index (χ1) is 8.66. The summed E-state index contributed by atoms with van der Waals surface area (Å²) in [5.41, 5.74) is 7.93. The summed E-state index contributed by atoms with van der Waals surface area (Å²) in [6.07, 6.45) is 2.62. The fourth-order valence-electron chi connectivity index (χ4n) is 3.33. The SMILES string of the molecule is CC1CN2CCCC2CN1c1c(N)cccc1Cl. The third-order valence-corrected chi connectivity index (χ3v) is 4.55. The molecule has 18 heavy (non-hydrogen) atoms. The Morgan fingerprint density at radius 1 is 1.33 bits per heavy atom. The third-order valence-electron chi connectivity index (χ3n) is 4.24. The summed E-state index contributed by atoms with van der Waals surface area (Å²) >= 11 is 6.34. The lowest BCUT2D eigenvalue weighted by Crippen LogP contribution is -2.55. The van der Waals surface area contributed by atoms with Crippen LogP contribution in [-0.2, 0) is 0 Å². The van der Waals surface area contributed by atoms with Gasteiger partial charge in [-0.3, -0.25) is 4.90 Å². The molecule has 2 aliphatic rings. The zero-order valence-corrected chi connectivity index (χ0v) is 11.5. The molecule has 2 heterocycles. The van der Waals surface area contributed by atoms with Crippen molar-refractivity contribution in [1.29, 1.82) is 0 Å². The maximum atomic E-state index is 6.34. The second kappa shape index (κ2) is 4.63. The lowest BCUT2D eigenvalue weighted by atomic mass is 10.1. The average Bonchev–Trinajstić information content (AvgIpc) is 2.76. The molecule has 0 spiro atoms. The van der Waals surface area contributed by atoms with Crippen molar-refractivity contribution < 1.29 is 0 Å². The van der Waals surface area contributed by atoms with Crippen molar-refractivity contribution in [2.24, 2.45) is 0 Å². The fourth-order valence-corrected chi connectivity index (χ4v) is 3.62. The molecule has 4 heteroatoms. The summed E-state index contributed by atoms with van der Waals surface area (Å²) in [6.45, 7) is 5.68. The van der Waals surface area contributed by atoms with Crippen LogP contribution in [0, 0.1) is 0 Å². The van der Waals surface area contributed by atoms with Gasteiger partial charge in [0.15, 0.2) is 0 Å². The van der Waals surface area contributed by atoms with Crippen molar-refractivity contribution in [3.8, 4) is 0 Å². The first kappa shape index (κ1) is 12.1. The first-order valence-corrected chi connectivity index (χ1v) is 7.09. The number of nitrogens with two attached hydrogens (primary N) is 1. The molecule has 0 aliphatic carbocycles. The fraction of sp³-hybridized carbons (Fsp3) is 0.571. The zero-order valence-electron chi connectivity index (χ0n) is 10.8. The summed E-state index contributed by atoms with van der Waals surface area (Å²) in [7, 11) is 0. The highest BCUT2D eigenvalue weighted by molar-refractivity contribution is 6.34. The van der Waals surface area contributed by atoms with Crippen LogP contribution in [0.1, 0.15) is 19.8 Å². The molecular formula is C14H20ClN3. The number of hydrogen-bond donors (Lipinski definition) is 1. The van der Waals surface area contributed by atoms with E-state index in [1.807, 2.05) is 18.2 Å². The first-order valence-electron chi connectivity index (χ1n) is 6.71. The maximum absolute atomic E-state index is 6.34. The Kier molecular flexibility index (Phi) is 3.12. The molecule has 1 aromatic carbocycles. The van der Waals surface area contributed by atoms with Gasteiger partial charge >= 0.3 is 0 Å². The highest BCUT2D eigenvalue weighted by atomic mass is 35.5. The van der Waals surface area contributed by atoms with Gasteiger partial charge in [-0.05, 0) is 38.4 Å². The number of rotatable bonds is 1. The van der Waals surface area contributed by atoms with Gasteiger partial charge in [0, 0.05) is 25.2 Å². The molecule has 0 amide bonds. The number of piperazine rings is 1. The van der Waals surface area contributed by atoms with Crippen LogP contribution < -0.4 is 10.6 Å². The van der Waals surface area contributed by atoms with E-state index in [1.54, 1.807) is 0 Å². The molecule has 98 valence electrons. The van der Waals surface area contributed by atoms with E-state index in [4.69, 9.17) is 17.3 Å². The molecule has 0 aromatic heterocycles. The van der Waals surface area contributed by atoms with E-state index in [0.717, 1.165) is 29.5 Å². The lowest BCUT2D eigenvalue weighted by Gasteiger charge is -2.44. The molecule has 2 N–H and O–H groups in total. The van der Waals surface area contributed by atoms with Crippen LogP contribution in [0.4, 0.5) is 11.4 Å². The van der Waals surface area contributed by atoms with Crippen LogP contribution in [-0.4, -0.2) is 36.6 Å². The minimum absolute atomic E-state index is 0.474. The molecule has 0 bridgehead atoms. The van der Waals surface area contributed by atoms with Gasteiger partial charge < -0.3 is 10.6 Å². The van der Waals surface area contributed by atoms with Gasteiger partial charge in [0.2, 0.25) is 0 Å². The number of halogens is 1. The van der Waals surface area contributed by atoms with Crippen molar-refractivity contribution in [3.05, 3.63) is 23.2 Å². The van der Waals surface area contributed by atoms with E-state index in [9.17, 15) is 0 Å². The topological polar surface area (TPSA) is 32.5 Å². The highest BCUT2D eigenvalue weighted by Gasteiger charge is 2.35. The van der Waals surface area contributed by atoms with Crippen LogP contribution in [0.25, 0.3) is 0 Å². The molecule has 3 nitrogen and oxygen atoms in total. The molecule has 2 saturated heterocycles. The quantitative estimate of drug-likeness (QED) is 0.793. The van der Waals surface area contributed by atoms with E-state index in [1.165, 1.54) is 19.4 Å². The summed E-state index contributed by atoms with van der Waals surface area (Å²) in [4.78, 5) is 5.00. The van der Waals surface area contributed by atoms with Crippen molar-refractivity contribution in [1.82, 2.24) is 4.90 Å². The van der Waals surface area contributed by atoms with E-state index in [0.29, 0.717) is 12.1 Å². The molecular weight excluding hydrogens is 246 g/mol. The second-order valence-corrected chi connectivity index (χ2v) is 5.88. The van der Waals surface area contributed by atoms with Crippen LogP contribution in [0.2, 0.25) is 5.02 Å². The van der Waals surface area contributed by atoms with E-state index in [2.05, 4.69) is 16.7 Å². The average molecular weight is 266 g/mol.